The Labute approximate surface area is 398 Å². The van der Waals surface area contributed by atoms with E-state index in [0.717, 1.165) is 34.0 Å². The minimum absolute atomic E-state index is 0.00164. The number of hydrogen-bond acceptors (Lipinski definition) is 4. The maximum Gasteiger partial charge on any atom is 0.252 e. The Morgan fingerprint density at radius 3 is 1.75 bits per heavy atom. The monoisotopic (exact) mass is 878 g/mol. The number of fused-ring (bicyclic) bond motifs is 10. The molecule has 0 spiro atoms. The van der Waals surface area contributed by atoms with Crippen LogP contribution in [0.1, 0.15) is 124 Å². The molecule has 0 amide bonds. The Hall–Kier alpha value is -6.20. The molecular weight excluding hydrogens is 814 g/mol. The van der Waals surface area contributed by atoms with Gasteiger partial charge in [0.15, 0.2) is 0 Å². The summed E-state index contributed by atoms with van der Waals surface area (Å²) in [5.74, 6) is 0. The van der Waals surface area contributed by atoms with Crippen LogP contribution in [-0.2, 0) is 21.7 Å². The van der Waals surface area contributed by atoms with Crippen molar-refractivity contribution in [1.29, 1.82) is 0 Å². The van der Waals surface area contributed by atoms with E-state index in [1.807, 2.05) is 0 Å². The van der Waals surface area contributed by atoms with Crippen molar-refractivity contribution in [2.45, 2.75) is 129 Å². The second kappa shape index (κ2) is 14.2. The molecule has 1 aromatic heterocycles. The minimum Gasteiger partial charge on any atom is -0.456 e. The van der Waals surface area contributed by atoms with Gasteiger partial charge in [0.25, 0.3) is 6.71 Å². The van der Waals surface area contributed by atoms with Crippen LogP contribution in [0.5, 0.6) is 0 Å². The Morgan fingerprint density at radius 2 is 1.04 bits per heavy atom. The zero-order valence-electron chi connectivity index (χ0n) is 41.4. The number of furan rings is 1. The molecule has 4 nitrogen and oxygen atoms in total. The first kappa shape index (κ1) is 42.2. The van der Waals surface area contributed by atoms with Crippen molar-refractivity contribution in [3.05, 3.63) is 162 Å². The lowest BCUT2D eigenvalue weighted by molar-refractivity contribution is 0.195. The molecule has 0 bridgehead atoms. The second-order valence-electron chi connectivity index (χ2n) is 23.8. The average molecular weight is 878 g/mol. The van der Waals surface area contributed by atoms with Gasteiger partial charge in [0.1, 0.15) is 11.2 Å². The van der Waals surface area contributed by atoms with Crippen molar-refractivity contribution < 1.29 is 4.42 Å². The number of anilines is 8. The van der Waals surface area contributed by atoms with Gasteiger partial charge in [0.05, 0.1) is 16.6 Å². The molecule has 2 atom stereocenters. The highest BCUT2D eigenvalue weighted by Crippen LogP contribution is 2.62. The first-order valence-electron chi connectivity index (χ1n) is 24.8. The predicted octanol–water partition coefficient (Wildman–Crippen LogP) is 15.3. The van der Waals surface area contributed by atoms with Crippen molar-refractivity contribution in [3.8, 4) is 0 Å². The van der Waals surface area contributed by atoms with Gasteiger partial charge in [0, 0.05) is 50.6 Å². The fraction of sp³-hybridized carbons (Fsp3) is 0.323. The molecule has 3 aliphatic heterocycles. The zero-order valence-corrected chi connectivity index (χ0v) is 41.4. The van der Waals surface area contributed by atoms with E-state index in [2.05, 4.69) is 230 Å². The molecule has 0 radical (unpaired) electrons. The molecule has 336 valence electrons. The lowest BCUT2D eigenvalue weighted by Crippen LogP contribution is -2.61. The van der Waals surface area contributed by atoms with E-state index in [4.69, 9.17) is 4.42 Å². The molecule has 8 aromatic rings. The van der Waals surface area contributed by atoms with Gasteiger partial charge in [-0.2, -0.15) is 0 Å². The molecular formula is C62H64BN3O. The summed E-state index contributed by atoms with van der Waals surface area (Å²) in [6.45, 7) is 26.2. The van der Waals surface area contributed by atoms with Crippen LogP contribution < -0.4 is 31.1 Å². The summed E-state index contributed by atoms with van der Waals surface area (Å²) in [7, 11) is 0. The van der Waals surface area contributed by atoms with Gasteiger partial charge in [-0.3, -0.25) is 0 Å². The molecule has 5 heteroatoms. The molecule has 67 heavy (non-hydrogen) atoms. The lowest BCUT2D eigenvalue weighted by atomic mass is 9.33. The zero-order chi connectivity index (χ0) is 46.6. The highest BCUT2D eigenvalue weighted by Gasteiger charge is 2.58. The molecule has 1 fully saturated rings. The van der Waals surface area contributed by atoms with Gasteiger partial charge in [-0.15, -0.1) is 0 Å². The summed E-state index contributed by atoms with van der Waals surface area (Å²) in [5, 5.41) is 2.27. The van der Waals surface area contributed by atoms with Crippen molar-refractivity contribution in [2.24, 2.45) is 0 Å². The van der Waals surface area contributed by atoms with E-state index in [0.29, 0.717) is 0 Å². The molecule has 1 aliphatic carbocycles. The van der Waals surface area contributed by atoms with Crippen LogP contribution in [0.4, 0.5) is 45.5 Å². The topological polar surface area (TPSA) is 22.9 Å². The first-order chi connectivity index (χ1) is 31.9. The predicted molar refractivity (Wildman–Crippen MR) is 287 cm³/mol. The third-order valence-electron chi connectivity index (χ3n) is 16.7. The third kappa shape index (κ3) is 6.05. The Bertz CT molecular complexity index is 3340. The molecule has 4 aliphatic rings. The van der Waals surface area contributed by atoms with Crippen LogP contribution in [0.25, 0.3) is 21.9 Å². The fourth-order valence-corrected chi connectivity index (χ4v) is 12.7. The quantitative estimate of drug-likeness (QED) is 0.165. The van der Waals surface area contributed by atoms with Gasteiger partial charge in [-0.05, 0) is 135 Å². The van der Waals surface area contributed by atoms with Crippen molar-refractivity contribution >= 4 is 90.5 Å². The molecule has 0 N–H and O–H groups in total. The van der Waals surface area contributed by atoms with Gasteiger partial charge >= 0.3 is 0 Å². The third-order valence-corrected chi connectivity index (χ3v) is 16.7. The highest BCUT2D eigenvalue weighted by molar-refractivity contribution is 7.00. The molecule has 2 unspecified atom stereocenters. The van der Waals surface area contributed by atoms with Crippen LogP contribution in [0.2, 0.25) is 0 Å². The van der Waals surface area contributed by atoms with Gasteiger partial charge in [-0.25, -0.2) is 0 Å². The summed E-state index contributed by atoms with van der Waals surface area (Å²) in [6.07, 6.45) is 4.77. The van der Waals surface area contributed by atoms with Gasteiger partial charge < -0.3 is 19.1 Å². The van der Waals surface area contributed by atoms with E-state index >= 15 is 0 Å². The molecule has 12 rings (SSSR count). The van der Waals surface area contributed by atoms with Crippen molar-refractivity contribution in [2.75, 3.05) is 14.7 Å². The molecule has 7 aromatic carbocycles. The van der Waals surface area contributed by atoms with Crippen molar-refractivity contribution in [3.63, 3.8) is 0 Å². The number of rotatable bonds is 3. The summed E-state index contributed by atoms with van der Waals surface area (Å²) < 4.78 is 6.70. The van der Waals surface area contributed by atoms with Gasteiger partial charge in [0.2, 0.25) is 0 Å². The summed E-state index contributed by atoms with van der Waals surface area (Å²) in [4.78, 5) is 8.06. The smallest absolute Gasteiger partial charge is 0.252 e. The molecule has 1 saturated carbocycles. The standard InChI is InChI=1S/C62H64BN3O/c1-58(2,3)39-20-18-21-42(34-39)64-50-35-40(59(4,5)6)28-30-46(50)63-47-31-29-41(60(7,8)9)36-51(47)65(49-25-19-27-55-56(49)44-22-12-15-26-54(44)67-55)53-38-43(37-52(64)57(53)63)66-48-24-14-13-23-45(48)61(10)32-16-17-33-62(61,66)11/h12-15,18-31,34-38H,16-17,32-33H2,1-11H3. The number of benzene rings is 7. The maximum atomic E-state index is 6.70. The Kier molecular flexibility index (Phi) is 8.92. The SMILES string of the molecule is CC(C)(C)c1cccc(N2c3cc(C(C)(C)C)ccc3B3c4ccc(C(C)(C)C)cc4N(c4cccc5oc6ccccc6c45)c4cc(N5c6ccccc6C6(C)CCCCC56C)cc2c43)c1. The largest absolute Gasteiger partial charge is 0.456 e. The van der Waals surface area contributed by atoms with Gasteiger partial charge in [-0.1, -0.05) is 161 Å². The summed E-state index contributed by atoms with van der Waals surface area (Å²) in [6, 6.07) is 53.9. The van der Waals surface area contributed by atoms with E-state index < -0.39 is 0 Å². The lowest BCUT2D eigenvalue weighted by Gasteiger charge is -2.51. The first-order valence-corrected chi connectivity index (χ1v) is 24.8. The Morgan fingerprint density at radius 1 is 0.478 bits per heavy atom. The fourth-order valence-electron chi connectivity index (χ4n) is 12.7. The number of nitrogens with zero attached hydrogens (tertiary/aromatic N) is 3. The Balaban J connectivity index is 1.25. The van der Waals surface area contributed by atoms with Crippen molar-refractivity contribution in [1.82, 2.24) is 0 Å². The van der Waals surface area contributed by atoms with Crippen LogP contribution in [0.3, 0.4) is 0 Å². The minimum atomic E-state index is -0.129. The van der Waals surface area contributed by atoms with Crippen LogP contribution in [0.15, 0.2) is 144 Å². The van der Waals surface area contributed by atoms with E-state index in [1.54, 1.807) is 0 Å². The highest BCUT2D eigenvalue weighted by atomic mass is 16.3. The normalized spacial score (nSPS) is 19.9. The molecule has 4 heterocycles. The van der Waals surface area contributed by atoms with E-state index in [-0.39, 0.29) is 33.9 Å². The second-order valence-corrected chi connectivity index (χ2v) is 23.8. The number of para-hydroxylation sites is 2. The van der Waals surface area contributed by atoms with Crippen LogP contribution >= 0.6 is 0 Å². The van der Waals surface area contributed by atoms with Crippen LogP contribution in [0, 0.1) is 0 Å². The molecule has 0 saturated heterocycles. The van der Waals surface area contributed by atoms with Crippen LogP contribution in [-0.4, -0.2) is 12.3 Å². The summed E-state index contributed by atoms with van der Waals surface area (Å²) in [5.41, 5.74) is 20.9. The summed E-state index contributed by atoms with van der Waals surface area (Å²) >= 11 is 0. The van der Waals surface area contributed by atoms with E-state index in [1.165, 1.54) is 97.7 Å². The number of hydrogen-bond donors (Lipinski definition) is 0. The maximum absolute atomic E-state index is 6.70. The average Bonchev–Trinajstić information content (AvgIpc) is 3.78. The van der Waals surface area contributed by atoms with E-state index in [9.17, 15) is 0 Å².